The van der Waals surface area contributed by atoms with Crippen LogP contribution in [0.25, 0.3) is 0 Å². The maximum Gasteiger partial charge on any atom is 0.173 e. The van der Waals surface area contributed by atoms with Crippen LogP contribution in [0.1, 0.15) is 11.1 Å². The van der Waals surface area contributed by atoms with Gasteiger partial charge < -0.3 is 0 Å². The van der Waals surface area contributed by atoms with E-state index >= 15 is 0 Å². The molecular formula is C8H9N3. The molecule has 0 aliphatic rings. The number of aryl methyl sites for hydroxylation is 1. The molecule has 0 heterocycles. The van der Waals surface area contributed by atoms with Crippen LogP contribution in [0.5, 0.6) is 0 Å². The lowest BCUT2D eigenvalue weighted by Gasteiger charge is -1.96. The summed E-state index contributed by atoms with van der Waals surface area (Å²) in [6.45, 7) is 1.95. The summed E-state index contributed by atoms with van der Waals surface area (Å²) in [5, 5.41) is 10.3. The molecule has 0 bridgehead atoms. The summed E-state index contributed by atoms with van der Waals surface area (Å²) in [6, 6.07) is 7.40. The highest BCUT2D eigenvalue weighted by atomic mass is 15.0. The summed E-state index contributed by atoms with van der Waals surface area (Å²) >= 11 is 0. The van der Waals surface area contributed by atoms with Gasteiger partial charge in [-0.15, -0.1) is 5.11 Å². The third-order valence-electron chi connectivity index (χ3n) is 1.40. The molecule has 0 fully saturated rings. The van der Waals surface area contributed by atoms with Crippen molar-refractivity contribution >= 4 is 5.84 Å². The van der Waals surface area contributed by atoms with Crippen LogP contribution in [0.4, 0.5) is 0 Å². The number of amidine groups is 1. The predicted octanol–water partition coefficient (Wildman–Crippen LogP) is 2.35. The Hall–Kier alpha value is -1.51. The predicted molar refractivity (Wildman–Crippen MR) is 43.2 cm³/mol. The number of hydrogen-bond acceptors (Lipinski definition) is 2. The number of benzene rings is 1. The molecule has 0 amide bonds. The molecular weight excluding hydrogens is 138 g/mol. The Labute approximate surface area is 65.1 Å². The highest BCUT2D eigenvalue weighted by molar-refractivity contribution is 5.96. The van der Waals surface area contributed by atoms with E-state index in [2.05, 4.69) is 5.11 Å². The van der Waals surface area contributed by atoms with Gasteiger partial charge in [0.05, 0.1) is 0 Å². The molecule has 0 aliphatic heterocycles. The highest BCUT2D eigenvalue weighted by Gasteiger charge is 1.97. The van der Waals surface area contributed by atoms with Crippen LogP contribution in [0.3, 0.4) is 0 Å². The van der Waals surface area contributed by atoms with E-state index in [1.54, 1.807) is 6.07 Å². The van der Waals surface area contributed by atoms with Crippen molar-refractivity contribution in [3.05, 3.63) is 35.4 Å². The Balaban J connectivity index is 3.05. The van der Waals surface area contributed by atoms with Gasteiger partial charge in [0.25, 0.3) is 0 Å². The van der Waals surface area contributed by atoms with Gasteiger partial charge in [-0.3, -0.25) is 5.41 Å². The fourth-order valence-corrected chi connectivity index (χ4v) is 0.857. The quantitative estimate of drug-likeness (QED) is 0.348. The van der Waals surface area contributed by atoms with E-state index in [0.717, 1.165) is 5.56 Å². The van der Waals surface area contributed by atoms with E-state index in [0.29, 0.717) is 5.56 Å². The second kappa shape index (κ2) is 3.05. The molecule has 1 rings (SSSR count). The first-order valence-electron chi connectivity index (χ1n) is 3.27. The van der Waals surface area contributed by atoms with E-state index in [-0.39, 0.29) is 5.84 Å². The van der Waals surface area contributed by atoms with E-state index in [1.807, 2.05) is 25.1 Å². The number of nitrogens with zero attached hydrogens (tertiary/aromatic N) is 1. The summed E-state index contributed by atoms with van der Waals surface area (Å²) in [4.78, 5) is 0. The fraction of sp³-hybridized carbons (Fsp3) is 0.125. The number of hydrogen-bond donors (Lipinski definition) is 2. The lowest BCUT2D eigenvalue weighted by molar-refractivity contribution is 1.16. The van der Waals surface area contributed by atoms with Gasteiger partial charge in [-0.2, -0.15) is 0 Å². The largest absolute Gasteiger partial charge is 0.281 e. The van der Waals surface area contributed by atoms with Crippen molar-refractivity contribution in [3.63, 3.8) is 0 Å². The van der Waals surface area contributed by atoms with Crippen molar-refractivity contribution in [3.8, 4) is 0 Å². The first-order chi connectivity index (χ1) is 5.24. The van der Waals surface area contributed by atoms with Gasteiger partial charge >= 0.3 is 0 Å². The minimum atomic E-state index is 0.00806. The molecule has 1 aromatic rings. The van der Waals surface area contributed by atoms with Crippen molar-refractivity contribution in [2.24, 2.45) is 5.11 Å². The van der Waals surface area contributed by atoms with Crippen molar-refractivity contribution in [2.45, 2.75) is 6.92 Å². The monoisotopic (exact) mass is 147 g/mol. The third-order valence-corrected chi connectivity index (χ3v) is 1.40. The van der Waals surface area contributed by atoms with Gasteiger partial charge in [0.15, 0.2) is 5.84 Å². The molecule has 2 N–H and O–H groups in total. The van der Waals surface area contributed by atoms with Crippen LogP contribution in [0.15, 0.2) is 29.4 Å². The van der Waals surface area contributed by atoms with Crippen LogP contribution in [-0.2, 0) is 0 Å². The molecule has 0 aromatic heterocycles. The van der Waals surface area contributed by atoms with Gasteiger partial charge in [-0.25, -0.2) is 5.53 Å². The van der Waals surface area contributed by atoms with Gasteiger partial charge in [-0.1, -0.05) is 23.8 Å². The van der Waals surface area contributed by atoms with Gasteiger partial charge in [0, 0.05) is 5.56 Å². The maximum absolute atomic E-state index is 7.22. The fourth-order valence-electron chi connectivity index (χ4n) is 0.857. The Morgan fingerprint density at radius 2 is 2.18 bits per heavy atom. The van der Waals surface area contributed by atoms with Crippen molar-refractivity contribution < 1.29 is 0 Å². The third kappa shape index (κ3) is 1.70. The van der Waals surface area contributed by atoms with E-state index in [1.165, 1.54) is 0 Å². The number of nitrogens with one attached hydrogen (secondary N) is 2. The highest BCUT2D eigenvalue weighted by Crippen LogP contribution is 2.04. The molecule has 0 spiro atoms. The summed E-state index contributed by atoms with van der Waals surface area (Å²) in [5.41, 5.74) is 8.39. The molecule has 0 radical (unpaired) electrons. The average Bonchev–Trinajstić information content (AvgIpc) is 2.03. The molecule has 0 saturated carbocycles. The molecule has 3 heteroatoms. The molecule has 0 aliphatic carbocycles. The van der Waals surface area contributed by atoms with Crippen molar-refractivity contribution in [1.29, 1.82) is 10.9 Å². The second-order valence-electron chi connectivity index (χ2n) is 2.33. The molecule has 0 saturated heterocycles. The maximum atomic E-state index is 7.22. The van der Waals surface area contributed by atoms with E-state index in [9.17, 15) is 0 Å². The molecule has 0 atom stereocenters. The van der Waals surface area contributed by atoms with Gasteiger partial charge in [0.2, 0.25) is 0 Å². The lowest BCUT2D eigenvalue weighted by atomic mass is 10.1. The van der Waals surface area contributed by atoms with Crippen LogP contribution in [0, 0.1) is 17.9 Å². The Kier molecular flexibility index (Phi) is 2.11. The second-order valence-corrected chi connectivity index (χ2v) is 2.33. The Morgan fingerprint density at radius 3 is 2.73 bits per heavy atom. The zero-order valence-electron chi connectivity index (χ0n) is 6.26. The topological polar surface area (TPSA) is 60.1 Å². The molecule has 1 aromatic carbocycles. The SMILES string of the molecule is Cc1cccc(C(=N)N=N)c1. The van der Waals surface area contributed by atoms with Crippen molar-refractivity contribution in [2.75, 3.05) is 0 Å². The van der Waals surface area contributed by atoms with Gasteiger partial charge in [0.1, 0.15) is 0 Å². The first-order valence-corrected chi connectivity index (χ1v) is 3.27. The van der Waals surface area contributed by atoms with Crippen LogP contribution in [-0.4, -0.2) is 5.84 Å². The summed E-state index contributed by atoms with van der Waals surface area (Å²) < 4.78 is 0. The number of rotatable bonds is 1. The average molecular weight is 147 g/mol. The minimum absolute atomic E-state index is 0.00806. The summed E-state index contributed by atoms with van der Waals surface area (Å²) in [6.07, 6.45) is 0. The Morgan fingerprint density at radius 1 is 1.45 bits per heavy atom. The molecule has 0 unspecified atom stereocenters. The normalized spacial score (nSPS) is 9.18. The molecule has 11 heavy (non-hydrogen) atoms. The van der Waals surface area contributed by atoms with Crippen LogP contribution < -0.4 is 0 Å². The van der Waals surface area contributed by atoms with E-state index < -0.39 is 0 Å². The Bertz CT molecular complexity index is 291. The molecule has 3 nitrogen and oxygen atoms in total. The smallest absolute Gasteiger partial charge is 0.173 e. The zero-order chi connectivity index (χ0) is 8.27. The first kappa shape index (κ1) is 7.60. The zero-order valence-corrected chi connectivity index (χ0v) is 6.26. The summed E-state index contributed by atoms with van der Waals surface area (Å²) in [5.74, 6) is 0.00806. The van der Waals surface area contributed by atoms with Crippen LogP contribution >= 0.6 is 0 Å². The minimum Gasteiger partial charge on any atom is -0.281 e. The van der Waals surface area contributed by atoms with Crippen molar-refractivity contribution in [1.82, 2.24) is 0 Å². The lowest BCUT2D eigenvalue weighted by Crippen LogP contribution is -1.92. The van der Waals surface area contributed by atoms with Crippen LogP contribution in [0.2, 0.25) is 0 Å². The molecule has 56 valence electrons. The van der Waals surface area contributed by atoms with Gasteiger partial charge in [-0.05, 0) is 13.0 Å². The van der Waals surface area contributed by atoms with E-state index in [4.69, 9.17) is 10.9 Å². The summed E-state index contributed by atoms with van der Waals surface area (Å²) in [7, 11) is 0. The standard InChI is InChI=1S/C8H9N3/c1-6-3-2-4-7(5-6)8(9)11-10/h2-5,9-10H,1H3.